The predicted molar refractivity (Wildman–Crippen MR) is 83.4 cm³/mol. The molecule has 2 aromatic carbocycles. The maximum Gasteiger partial charge on any atom is 0.270 e. The van der Waals surface area contributed by atoms with Crippen LogP contribution in [0.3, 0.4) is 0 Å². The molecule has 8 heteroatoms. The molecule has 0 amide bonds. The van der Waals surface area contributed by atoms with E-state index in [1.54, 1.807) is 0 Å². The van der Waals surface area contributed by atoms with Crippen molar-refractivity contribution in [3.05, 3.63) is 80.6 Å². The largest absolute Gasteiger partial charge is 0.292 e. The van der Waals surface area contributed by atoms with Crippen LogP contribution < -0.4 is 5.56 Å². The van der Waals surface area contributed by atoms with Gasteiger partial charge in [0.25, 0.3) is 11.2 Å². The number of nitrogens with zero attached hydrogens (tertiary/aromatic N) is 3. The van der Waals surface area contributed by atoms with Gasteiger partial charge in [-0.15, -0.1) is 0 Å². The minimum absolute atomic E-state index is 0.0405. The molecule has 0 fully saturated rings. The van der Waals surface area contributed by atoms with Gasteiger partial charge in [-0.05, 0) is 18.2 Å². The van der Waals surface area contributed by atoms with Gasteiger partial charge >= 0.3 is 0 Å². The number of carbonyl (C=O) groups excluding carboxylic acids is 1. The Kier molecular flexibility index (Phi) is 3.87. The summed E-state index contributed by atoms with van der Waals surface area (Å²) in [6.45, 7) is -0.339. The number of non-ortho nitro benzene ring substituents is 1. The predicted octanol–water partition coefficient (Wildman–Crippen LogP) is 2.33. The minimum atomic E-state index is -0.617. The Morgan fingerprint density at radius 3 is 2.75 bits per heavy atom. The molecule has 0 N–H and O–H groups in total. The van der Waals surface area contributed by atoms with Crippen LogP contribution in [0.5, 0.6) is 0 Å². The second-order valence-corrected chi connectivity index (χ2v) is 5.07. The third-order valence-corrected chi connectivity index (χ3v) is 3.48. The molecule has 0 saturated heterocycles. The summed E-state index contributed by atoms with van der Waals surface area (Å²) in [4.78, 5) is 38.8. The topological polar surface area (TPSA) is 95.1 Å². The first kappa shape index (κ1) is 15.5. The van der Waals surface area contributed by atoms with Crippen LogP contribution in [0.25, 0.3) is 10.9 Å². The number of aromatic nitrogens is 2. The normalized spacial score (nSPS) is 10.7. The van der Waals surface area contributed by atoms with Crippen molar-refractivity contribution in [2.75, 3.05) is 0 Å². The number of rotatable bonds is 4. The molecule has 1 aromatic heterocycles. The lowest BCUT2D eigenvalue weighted by Crippen LogP contribution is -2.24. The van der Waals surface area contributed by atoms with E-state index < -0.39 is 22.1 Å². The zero-order valence-corrected chi connectivity index (χ0v) is 12.2. The van der Waals surface area contributed by atoms with Crippen LogP contribution in [-0.2, 0) is 6.54 Å². The van der Waals surface area contributed by atoms with Crippen molar-refractivity contribution in [3.8, 4) is 0 Å². The molecule has 0 aliphatic rings. The Morgan fingerprint density at radius 1 is 1.25 bits per heavy atom. The van der Waals surface area contributed by atoms with E-state index in [0.717, 1.165) is 16.7 Å². The SMILES string of the molecule is O=C(Cn1cnc2ccc([N+](=O)[O-])cc2c1=O)c1cccc(F)c1. The highest BCUT2D eigenvalue weighted by atomic mass is 19.1. The van der Waals surface area contributed by atoms with Gasteiger partial charge in [0.15, 0.2) is 5.78 Å². The summed E-state index contributed by atoms with van der Waals surface area (Å²) in [5, 5.41) is 10.9. The lowest BCUT2D eigenvalue weighted by atomic mass is 10.1. The maximum atomic E-state index is 13.2. The monoisotopic (exact) mass is 327 g/mol. The van der Waals surface area contributed by atoms with E-state index in [0.29, 0.717) is 5.52 Å². The first-order chi connectivity index (χ1) is 11.5. The number of nitro benzene ring substituents is 1. The third-order valence-electron chi connectivity index (χ3n) is 3.48. The summed E-state index contributed by atoms with van der Waals surface area (Å²) >= 11 is 0. The summed E-state index contributed by atoms with van der Waals surface area (Å²) in [6, 6.07) is 8.86. The molecule has 0 saturated carbocycles. The number of hydrogen-bond donors (Lipinski definition) is 0. The first-order valence-electron chi connectivity index (χ1n) is 6.88. The molecule has 0 aliphatic carbocycles. The molecule has 0 bridgehead atoms. The van der Waals surface area contributed by atoms with E-state index in [-0.39, 0.29) is 23.2 Å². The van der Waals surface area contributed by atoms with Crippen LogP contribution in [-0.4, -0.2) is 20.3 Å². The number of benzene rings is 2. The molecule has 3 aromatic rings. The Hall–Kier alpha value is -3.42. The summed E-state index contributed by atoms with van der Waals surface area (Å²) in [5.74, 6) is -1.02. The zero-order chi connectivity index (χ0) is 17.3. The van der Waals surface area contributed by atoms with Crippen molar-refractivity contribution >= 4 is 22.4 Å². The summed E-state index contributed by atoms with van der Waals surface area (Å²) < 4.78 is 14.2. The fraction of sp³-hybridized carbons (Fsp3) is 0.0625. The van der Waals surface area contributed by atoms with Gasteiger partial charge in [0, 0.05) is 17.7 Å². The quantitative estimate of drug-likeness (QED) is 0.416. The number of hydrogen-bond acceptors (Lipinski definition) is 5. The molecule has 0 unspecified atom stereocenters. The van der Waals surface area contributed by atoms with Crippen LogP contribution in [0.15, 0.2) is 53.6 Å². The van der Waals surface area contributed by atoms with Crippen LogP contribution in [0.1, 0.15) is 10.4 Å². The summed E-state index contributed by atoms with van der Waals surface area (Å²) in [7, 11) is 0. The van der Waals surface area contributed by atoms with E-state index in [1.165, 1.54) is 36.7 Å². The molecule has 120 valence electrons. The highest BCUT2D eigenvalue weighted by Gasteiger charge is 2.13. The first-order valence-corrected chi connectivity index (χ1v) is 6.88. The van der Waals surface area contributed by atoms with Gasteiger partial charge in [-0.2, -0.15) is 0 Å². The van der Waals surface area contributed by atoms with Crippen molar-refractivity contribution in [2.24, 2.45) is 0 Å². The number of ketones is 1. The van der Waals surface area contributed by atoms with Crippen LogP contribution in [0.2, 0.25) is 0 Å². The number of fused-ring (bicyclic) bond motifs is 1. The van der Waals surface area contributed by atoms with Crippen LogP contribution >= 0.6 is 0 Å². The summed E-state index contributed by atoms with van der Waals surface area (Å²) in [6.07, 6.45) is 1.19. The second kappa shape index (κ2) is 5.99. The van der Waals surface area contributed by atoms with E-state index in [2.05, 4.69) is 4.98 Å². The highest BCUT2D eigenvalue weighted by Crippen LogP contribution is 2.16. The molecular formula is C16H10FN3O4. The molecule has 0 spiro atoms. The molecule has 0 radical (unpaired) electrons. The van der Waals surface area contributed by atoms with Gasteiger partial charge in [0.1, 0.15) is 5.82 Å². The Balaban J connectivity index is 2.01. The van der Waals surface area contributed by atoms with Crippen molar-refractivity contribution in [3.63, 3.8) is 0 Å². The van der Waals surface area contributed by atoms with Gasteiger partial charge in [-0.3, -0.25) is 24.3 Å². The maximum absolute atomic E-state index is 13.2. The summed E-state index contributed by atoms with van der Waals surface area (Å²) in [5.41, 5.74) is -0.398. The smallest absolute Gasteiger partial charge is 0.270 e. The molecule has 24 heavy (non-hydrogen) atoms. The Morgan fingerprint density at radius 2 is 2.04 bits per heavy atom. The number of Topliss-reactive ketones (excluding diaryl/α,β-unsaturated/α-hetero) is 1. The van der Waals surface area contributed by atoms with Gasteiger partial charge in [0.05, 0.1) is 28.7 Å². The molecule has 7 nitrogen and oxygen atoms in total. The lowest BCUT2D eigenvalue weighted by Gasteiger charge is -2.06. The molecular weight excluding hydrogens is 317 g/mol. The molecule has 1 heterocycles. The zero-order valence-electron chi connectivity index (χ0n) is 12.2. The molecule has 0 aliphatic heterocycles. The Labute approximate surface area is 134 Å². The minimum Gasteiger partial charge on any atom is -0.292 e. The fourth-order valence-corrected chi connectivity index (χ4v) is 2.28. The van der Waals surface area contributed by atoms with Gasteiger partial charge in [-0.1, -0.05) is 12.1 Å². The standard InChI is InChI=1S/C16H10FN3O4/c17-11-3-1-2-10(6-11)15(21)8-19-9-18-14-5-4-12(20(23)24)7-13(14)16(19)22/h1-7,9H,8H2. The average molecular weight is 327 g/mol. The Bertz CT molecular complexity index is 1030. The van der Waals surface area contributed by atoms with Gasteiger partial charge in [0.2, 0.25) is 0 Å². The van der Waals surface area contributed by atoms with Crippen LogP contribution in [0, 0.1) is 15.9 Å². The number of halogens is 1. The van der Waals surface area contributed by atoms with E-state index >= 15 is 0 Å². The lowest BCUT2D eigenvalue weighted by molar-refractivity contribution is -0.384. The van der Waals surface area contributed by atoms with E-state index in [4.69, 9.17) is 0 Å². The van der Waals surface area contributed by atoms with Gasteiger partial charge < -0.3 is 0 Å². The molecule has 0 atom stereocenters. The van der Waals surface area contributed by atoms with Crippen LogP contribution in [0.4, 0.5) is 10.1 Å². The second-order valence-electron chi connectivity index (χ2n) is 5.07. The highest BCUT2D eigenvalue weighted by molar-refractivity contribution is 5.96. The molecule has 3 rings (SSSR count). The van der Waals surface area contributed by atoms with Crippen molar-refractivity contribution in [1.82, 2.24) is 9.55 Å². The third kappa shape index (κ3) is 2.89. The van der Waals surface area contributed by atoms with E-state index in [1.807, 2.05) is 0 Å². The van der Waals surface area contributed by atoms with E-state index in [9.17, 15) is 24.1 Å². The number of carbonyl (C=O) groups is 1. The van der Waals surface area contributed by atoms with Gasteiger partial charge in [-0.25, -0.2) is 9.37 Å². The van der Waals surface area contributed by atoms with Crippen molar-refractivity contribution in [2.45, 2.75) is 6.54 Å². The fourth-order valence-electron chi connectivity index (χ4n) is 2.28. The number of nitro groups is 1. The van der Waals surface area contributed by atoms with Crippen molar-refractivity contribution in [1.29, 1.82) is 0 Å². The average Bonchev–Trinajstić information content (AvgIpc) is 2.57. The van der Waals surface area contributed by atoms with Crippen molar-refractivity contribution < 1.29 is 14.1 Å².